The van der Waals surface area contributed by atoms with Crippen LogP contribution in [0.3, 0.4) is 0 Å². The largest absolute Gasteiger partial charge is 0.292 e. The smallest absolute Gasteiger partial charge is 0.238 e. The van der Waals surface area contributed by atoms with Gasteiger partial charge in [-0.15, -0.1) is 0 Å². The lowest BCUT2D eigenvalue weighted by Gasteiger charge is -2.23. The monoisotopic (exact) mass is 706 g/mol. The summed E-state index contributed by atoms with van der Waals surface area (Å²) in [5, 5.41) is 2.31. The molecule has 0 radical (unpaired) electrons. The minimum Gasteiger partial charge on any atom is -0.292 e. The summed E-state index contributed by atoms with van der Waals surface area (Å²) in [6.07, 6.45) is 0. The van der Waals surface area contributed by atoms with Crippen molar-refractivity contribution in [2.75, 3.05) is 0 Å². The molecule has 0 saturated carbocycles. The highest BCUT2D eigenvalue weighted by Gasteiger charge is 2.41. The number of aromatic nitrogens is 6. The van der Waals surface area contributed by atoms with Crippen molar-refractivity contribution >= 4 is 32.8 Å². The molecule has 10 aromatic rings. The molecule has 7 aromatic carbocycles. The molecule has 0 atom stereocenters. The van der Waals surface area contributed by atoms with Crippen LogP contribution in [0.4, 0.5) is 0 Å². The van der Waals surface area contributed by atoms with E-state index >= 15 is 0 Å². The zero-order valence-corrected chi connectivity index (χ0v) is 30.3. The lowest BCUT2D eigenvalue weighted by atomic mass is 9.81. The van der Waals surface area contributed by atoms with Crippen molar-refractivity contribution in [2.45, 2.75) is 19.3 Å². The van der Waals surface area contributed by atoms with E-state index in [-0.39, 0.29) is 5.41 Å². The molecule has 3 aromatic heterocycles. The summed E-state index contributed by atoms with van der Waals surface area (Å²) in [5.41, 5.74) is 12.7. The van der Waals surface area contributed by atoms with E-state index < -0.39 is 0 Å². The molecule has 3 heterocycles. The third-order valence-electron chi connectivity index (χ3n) is 11.2. The van der Waals surface area contributed by atoms with Gasteiger partial charge in [-0.05, 0) is 41.0 Å². The summed E-state index contributed by atoms with van der Waals surface area (Å²) in [5.74, 6) is 2.77. The Morgan fingerprint density at radius 3 is 1.69 bits per heavy atom. The minimum atomic E-state index is -0.370. The van der Waals surface area contributed by atoms with E-state index in [9.17, 15) is 0 Å². The second-order valence-corrected chi connectivity index (χ2v) is 14.7. The Morgan fingerprint density at radius 1 is 0.455 bits per heavy atom. The zero-order chi connectivity index (χ0) is 36.7. The summed E-state index contributed by atoms with van der Waals surface area (Å²) in [6, 6.07) is 59.2. The van der Waals surface area contributed by atoms with Crippen LogP contribution in [0.25, 0.3) is 89.8 Å². The van der Waals surface area contributed by atoms with Gasteiger partial charge in [-0.2, -0.15) is 9.97 Å². The summed E-state index contributed by atoms with van der Waals surface area (Å²) in [4.78, 5) is 21.0. The Labute approximate surface area is 318 Å². The maximum Gasteiger partial charge on any atom is 0.238 e. The SMILES string of the molecule is CC1(C)c2ccc3c(nc(-c4ccccc4)n3-c3ccccc3)c2-c2ccc3c4ccccc4n(-c4nc(-c5ccccc5)nc(-c5ccccc5)n4)c3c21. The molecule has 1 aliphatic carbocycles. The van der Waals surface area contributed by atoms with Gasteiger partial charge in [0.2, 0.25) is 5.95 Å². The fraction of sp³-hybridized carbons (Fsp3) is 0.0612. The van der Waals surface area contributed by atoms with Gasteiger partial charge in [0.05, 0.1) is 22.1 Å². The Kier molecular flexibility index (Phi) is 6.79. The van der Waals surface area contributed by atoms with Crippen molar-refractivity contribution in [2.24, 2.45) is 0 Å². The van der Waals surface area contributed by atoms with Gasteiger partial charge in [0.1, 0.15) is 5.82 Å². The highest BCUT2D eigenvalue weighted by atomic mass is 15.2. The third-order valence-corrected chi connectivity index (χ3v) is 11.2. The number of hydrogen-bond donors (Lipinski definition) is 0. The van der Waals surface area contributed by atoms with Crippen LogP contribution in [0.1, 0.15) is 25.0 Å². The fourth-order valence-electron chi connectivity index (χ4n) is 8.69. The molecule has 0 saturated heterocycles. The molecule has 0 N–H and O–H groups in total. The normalized spacial score (nSPS) is 13.1. The maximum absolute atomic E-state index is 5.51. The van der Waals surface area contributed by atoms with Gasteiger partial charge >= 0.3 is 0 Å². The first-order chi connectivity index (χ1) is 27.1. The van der Waals surface area contributed by atoms with Crippen molar-refractivity contribution in [3.05, 3.63) is 181 Å². The van der Waals surface area contributed by atoms with Gasteiger partial charge in [0.25, 0.3) is 0 Å². The molecule has 0 aliphatic heterocycles. The molecule has 0 amide bonds. The molecule has 0 bridgehead atoms. The molecule has 6 heteroatoms. The first kappa shape index (κ1) is 31.4. The van der Waals surface area contributed by atoms with Gasteiger partial charge in [-0.25, -0.2) is 9.97 Å². The van der Waals surface area contributed by atoms with Gasteiger partial charge in [0, 0.05) is 44.1 Å². The highest BCUT2D eigenvalue weighted by Crippen LogP contribution is 2.55. The van der Waals surface area contributed by atoms with Gasteiger partial charge < -0.3 is 0 Å². The third kappa shape index (κ3) is 4.68. The number of rotatable bonds is 5. The number of hydrogen-bond acceptors (Lipinski definition) is 4. The number of nitrogens with zero attached hydrogens (tertiary/aromatic N) is 6. The average molecular weight is 707 g/mol. The number of fused-ring (bicyclic) bond motifs is 9. The van der Waals surface area contributed by atoms with E-state index in [2.05, 4.69) is 156 Å². The fourth-order valence-corrected chi connectivity index (χ4v) is 8.69. The van der Waals surface area contributed by atoms with E-state index in [1.807, 2.05) is 36.4 Å². The molecule has 1 aliphatic rings. The second-order valence-electron chi connectivity index (χ2n) is 14.7. The Morgan fingerprint density at radius 2 is 1.04 bits per heavy atom. The van der Waals surface area contributed by atoms with Gasteiger partial charge in [0.15, 0.2) is 11.6 Å². The predicted molar refractivity (Wildman–Crippen MR) is 223 cm³/mol. The van der Waals surface area contributed by atoms with Crippen LogP contribution in [-0.4, -0.2) is 29.1 Å². The lowest BCUT2D eigenvalue weighted by molar-refractivity contribution is 0.663. The van der Waals surface area contributed by atoms with Crippen LogP contribution in [0.2, 0.25) is 0 Å². The van der Waals surface area contributed by atoms with Gasteiger partial charge in [-0.3, -0.25) is 9.13 Å². The lowest BCUT2D eigenvalue weighted by Crippen LogP contribution is -2.17. The van der Waals surface area contributed by atoms with Crippen LogP contribution in [-0.2, 0) is 5.41 Å². The van der Waals surface area contributed by atoms with Gasteiger partial charge in [-0.1, -0.05) is 159 Å². The molecule has 55 heavy (non-hydrogen) atoms. The summed E-state index contributed by atoms with van der Waals surface area (Å²) in [7, 11) is 0. The summed E-state index contributed by atoms with van der Waals surface area (Å²) < 4.78 is 4.57. The number of imidazole rings is 1. The maximum atomic E-state index is 5.51. The van der Waals surface area contributed by atoms with Crippen LogP contribution < -0.4 is 0 Å². The molecule has 0 unspecified atom stereocenters. The first-order valence-corrected chi connectivity index (χ1v) is 18.7. The van der Waals surface area contributed by atoms with Crippen molar-refractivity contribution in [3.8, 4) is 56.9 Å². The number of para-hydroxylation sites is 2. The Hall–Kier alpha value is -7.18. The van der Waals surface area contributed by atoms with Crippen LogP contribution >= 0.6 is 0 Å². The average Bonchev–Trinajstić information content (AvgIpc) is 3.88. The topological polar surface area (TPSA) is 61.4 Å². The second kappa shape index (κ2) is 11.9. The standard InChI is InChI=1S/C49H34N6/c1-49(2)38-29-30-40-43(50-47(33-21-11-5-12-22-33)54(40)34-23-13-6-14-24-34)41(38)37-28-27-36-35-25-15-16-26-39(35)55(44(36)42(37)49)48-52-45(31-17-7-3-8-18-31)51-46(53-48)32-19-9-4-10-20-32/h3-30H,1-2H3. The first-order valence-electron chi connectivity index (χ1n) is 18.7. The van der Waals surface area contributed by atoms with Crippen molar-refractivity contribution in [1.29, 1.82) is 0 Å². The summed E-state index contributed by atoms with van der Waals surface area (Å²) in [6.45, 7) is 4.69. The predicted octanol–water partition coefficient (Wildman–Crippen LogP) is 11.6. The van der Waals surface area contributed by atoms with Crippen molar-refractivity contribution < 1.29 is 0 Å². The number of benzene rings is 7. The summed E-state index contributed by atoms with van der Waals surface area (Å²) >= 11 is 0. The highest BCUT2D eigenvalue weighted by molar-refractivity contribution is 6.14. The van der Waals surface area contributed by atoms with E-state index in [1.165, 1.54) is 22.3 Å². The van der Waals surface area contributed by atoms with E-state index in [4.69, 9.17) is 19.9 Å². The minimum absolute atomic E-state index is 0.370. The quantitative estimate of drug-likeness (QED) is 0.179. The molecular formula is C49H34N6. The molecule has 0 spiro atoms. The molecule has 260 valence electrons. The van der Waals surface area contributed by atoms with Crippen LogP contribution in [0.15, 0.2) is 170 Å². The van der Waals surface area contributed by atoms with Crippen molar-refractivity contribution in [3.63, 3.8) is 0 Å². The Balaban J connectivity index is 1.24. The molecule has 11 rings (SSSR count). The molecule has 0 fully saturated rings. The molecule has 6 nitrogen and oxygen atoms in total. The van der Waals surface area contributed by atoms with E-state index in [0.29, 0.717) is 17.6 Å². The van der Waals surface area contributed by atoms with Crippen molar-refractivity contribution in [1.82, 2.24) is 29.1 Å². The zero-order valence-electron chi connectivity index (χ0n) is 30.3. The molecular weight excluding hydrogens is 673 g/mol. The van der Waals surface area contributed by atoms with E-state index in [0.717, 1.165) is 61.0 Å². The van der Waals surface area contributed by atoms with Crippen LogP contribution in [0.5, 0.6) is 0 Å². The van der Waals surface area contributed by atoms with E-state index in [1.54, 1.807) is 0 Å². The van der Waals surface area contributed by atoms with Crippen LogP contribution in [0, 0.1) is 0 Å². The Bertz CT molecular complexity index is 3030.